The summed E-state index contributed by atoms with van der Waals surface area (Å²) in [5.74, 6) is -0.778. The first kappa shape index (κ1) is 19.9. The Morgan fingerprint density at radius 2 is 2.04 bits per heavy atom. The smallest absolute Gasteiger partial charge is 0.334 e. The van der Waals surface area contributed by atoms with Crippen LogP contribution < -0.4 is 0 Å². The van der Waals surface area contributed by atoms with E-state index in [9.17, 15) is 9.59 Å². The Morgan fingerprint density at radius 1 is 1.30 bits per heavy atom. The minimum atomic E-state index is -0.767. The zero-order chi connectivity index (χ0) is 19.8. The summed E-state index contributed by atoms with van der Waals surface area (Å²) >= 11 is 0. The van der Waals surface area contributed by atoms with Crippen LogP contribution in [0.3, 0.4) is 0 Å². The average Bonchev–Trinajstić information content (AvgIpc) is 2.87. The average molecular weight is 374 g/mol. The molecule has 0 spiro atoms. The van der Waals surface area contributed by atoms with Gasteiger partial charge in [-0.05, 0) is 58.4 Å². The summed E-state index contributed by atoms with van der Waals surface area (Å²) in [5, 5.41) is 0. The second-order valence-electron chi connectivity index (χ2n) is 8.26. The molecule has 148 valence electrons. The summed E-state index contributed by atoms with van der Waals surface area (Å²) in [6, 6.07) is 0. The lowest BCUT2D eigenvalue weighted by Crippen LogP contribution is -2.54. The standard InChI is InChI=1S/C22H30O5/c1-13-8-6-10-14(2)19-20-17(15(3)21(24)26-20)12-18(25-19)22(5,11-7-9-13)27-16(4)23/h9-10,17-20H,3,6-8,11-12H2,1-2,4-5H3/b13-9-,14-10-/t17-,18-,19-,20+,22+/m0/s1. The van der Waals surface area contributed by atoms with E-state index in [2.05, 4.69) is 25.7 Å². The van der Waals surface area contributed by atoms with Crippen LogP contribution in [0, 0.1) is 5.92 Å². The fraction of sp³-hybridized carbons (Fsp3) is 0.636. The van der Waals surface area contributed by atoms with Crippen LogP contribution in [0.15, 0.2) is 35.5 Å². The summed E-state index contributed by atoms with van der Waals surface area (Å²) in [6.45, 7) is 11.5. The molecule has 3 aliphatic rings. The first-order valence-corrected chi connectivity index (χ1v) is 9.78. The largest absolute Gasteiger partial charge is 0.457 e. The summed E-state index contributed by atoms with van der Waals surface area (Å²) in [6.07, 6.45) is 7.31. The predicted molar refractivity (Wildman–Crippen MR) is 102 cm³/mol. The van der Waals surface area contributed by atoms with Gasteiger partial charge in [-0.3, -0.25) is 4.79 Å². The lowest BCUT2D eigenvalue weighted by atomic mass is 9.77. The van der Waals surface area contributed by atoms with Crippen LogP contribution in [-0.4, -0.2) is 35.9 Å². The molecule has 3 rings (SSSR count). The van der Waals surface area contributed by atoms with Crippen LogP contribution in [0.2, 0.25) is 0 Å². The Kier molecular flexibility index (Phi) is 5.61. The van der Waals surface area contributed by atoms with Crippen molar-refractivity contribution >= 4 is 11.9 Å². The Balaban J connectivity index is 2.00. The van der Waals surface area contributed by atoms with Crippen LogP contribution in [0.5, 0.6) is 0 Å². The molecule has 2 fully saturated rings. The van der Waals surface area contributed by atoms with Crippen molar-refractivity contribution in [1.29, 1.82) is 0 Å². The monoisotopic (exact) mass is 374 g/mol. The highest BCUT2D eigenvalue weighted by Crippen LogP contribution is 2.44. The molecule has 0 radical (unpaired) electrons. The number of esters is 2. The van der Waals surface area contributed by atoms with Gasteiger partial charge in [0.05, 0.1) is 6.10 Å². The molecule has 5 nitrogen and oxygen atoms in total. The molecule has 3 heterocycles. The molecule has 0 aromatic rings. The van der Waals surface area contributed by atoms with Crippen molar-refractivity contribution in [2.24, 2.45) is 5.92 Å². The number of carbonyl (C=O) groups is 2. The highest BCUT2D eigenvalue weighted by molar-refractivity contribution is 5.91. The maximum absolute atomic E-state index is 12.1. The van der Waals surface area contributed by atoms with Gasteiger partial charge in [0, 0.05) is 18.4 Å². The normalized spacial score (nSPS) is 41.0. The quantitative estimate of drug-likeness (QED) is 0.394. The molecular weight excluding hydrogens is 344 g/mol. The number of ether oxygens (including phenoxy) is 3. The van der Waals surface area contributed by atoms with Gasteiger partial charge in [0.15, 0.2) is 0 Å². The van der Waals surface area contributed by atoms with Crippen LogP contribution in [0.25, 0.3) is 0 Å². The van der Waals surface area contributed by atoms with Gasteiger partial charge in [0.1, 0.15) is 17.8 Å². The third kappa shape index (κ3) is 4.03. The first-order valence-electron chi connectivity index (χ1n) is 9.78. The Bertz CT molecular complexity index is 703. The van der Waals surface area contributed by atoms with E-state index in [0.29, 0.717) is 18.4 Å². The van der Waals surface area contributed by atoms with E-state index in [1.165, 1.54) is 12.5 Å². The van der Waals surface area contributed by atoms with Crippen molar-refractivity contribution in [1.82, 2.24) is 0 Å². The van der Waals surface area contributed by atoms with Gasteiger partial charge in [-0.2, -0.15) is 0 Å². The highest BCUT2D eigenvalue weighted by atomic mass is 16.6. The van der Waals surface area contributed by atoms with Crippen molar-refractivity contribution in [2.45, 2.75) is 83.7 Å². The van der Waals surface area contributed by atoms with Crippen molar-refractivity contribution in [3.05, 3.63) is 35.5 Å². The molecule has 0 aromatic heterocycles. The zero-order valence-electron chi connectivity index (χ0n) is 16.7. The fourth-order valence-corrected chi connectivity index (χ4v) is 4.44. The van der Waals surface area contributed by atoms with E-state index in [4.69, 9.17) is 14.2 Å². The SMILES string of the molecule is C=C1C(=O)O[C@@H]2[C@H]1C[C@@H]1O[C@H]2/C(C)=C\CC/C(C)=C\CC[C@@]1(C)OC(C)=O. The molecule has 0 saturated carbocycles. The number of hydrogen-bond donors (Lipinski definition) is 0. The third-order valence-corrected chi connectivity index (χ3v) is 6.07. The van der Waals surface area contributed by atoms with Gasteiger partial charge in [-0.1, -0.05) is 24.3 Å². The summed E-state index contributed by atoms with van der Waals surface area (Å²) in [5.41, 5.74) is 2.11. The zero-order valence-corrected chi connectivity index (χ0v) is 16.7. The number of rotatable bonds is 1. The van der Waals surface area contributed by atoms with Gasteiger partial charge in [0.2, 0.25) is 0 Å². The number of allylic oxidation sites excluding steroid dienone is 3. The molecule has 3 aliphatic heterocycles. The van der Waals surface area contributed by atoms with Crippen molar-refractivity contribution in [2.75, 3.05) is 0 Å². The van der Waals surface area contributed by atoms with Crippen LogP contribution in [0.1, 0.15) is 59.8 Å². The van der Waals surface area contributed by atoms with E-state index in [1.54, 1.807) is 0 Å². The van der Waals surface area contributed by atoms with Gasteiger partial charge in [0.25, 0.3) is 0 Å². The van der Waals surface area contributed by atoms with Gasteiger partial charge in [-0.25, -0.2) is 4.79 Å². The van der Waals surface area contributed by atoms with Crippen molar-refractivity contribution in [3.63, 3.8) is 0 Å². The summed E-state index contributed by atoms with van der Waals surface area (Å²) < 4.78 is 17.8. The van der Waals surface area contributed by atoms with Crippen LogP contribution >= 0.6 is 0 Å². The maximum atomic E-state index is 12.1. The van der Waals surface area contributed by atoms with E-state index in [-0.39, 0.29) is 36.2 Å². The van der Waals surface area contributed by atoms with E-state index in [1.807, 2.05) is 13.8 Å². The lowest BCUT2D eigenvalue weighted by molar-refractivity contribution is -0.204. The molecule has 0 unspecified atom stereocenters. The Hall–Kier alpha value is -1.88. The van der Waals surface area contributed by atoms with Crippen molar-refractivity contribution in [3.8, 4) is 0 Å². The molecule has 2 saturated heterocycles. The van der Waals surface area contributed by atoms with E-state index in [0.717, 1.165) is 24.8 Å². The molecule has 0 N–H and O–H groups in total. The first-order chi connectivity index (χ1) is 12.7. The van der Waals surface area contributed by atoms with Crippen molar-refractivity contribution < 1.29 is 23.8 Å². The molecule has 27 heavy (non-hydrogen) atoms. The number of hydrogen-bond acceptors (Lipinski definition) is 5. The molecule has 5 atom stereocenters. The molecule has 5 heteroatoms. The summed E-state index contributed by atoms with van der Waals surface area (Å²) in [4.78, 5) is 24.0. The second kappa shape index (κ2) is 7.63. The molecular formula is C22H30O5. The molecule has 2 bridgehead atoms. The lowest BCUT2D eigenvalue weighted by Gasteiger charge is -2.45. The molecule has 0 aliphatic carbocycles. The van der Waals surface area contributed by atoms with Crippen LogP contribution in [-0.2, 0) is 23.8 Å². The predicted octanol–water partition coefficient (Wildman–Crippen LogP) is 4.03. The number of carbonyl (C=O) groups excluding carboxylic acids is 2. The van der Waals surface area contributed by atoms with E-state index >= 15 is 0 Å². The van der Waals surface area contributed by atoms with Gasteiger partial charge in [-0.15, -0.1) is 0 Å². The van der Waals surface area contributed by atoms with E-state index < -0.39 is 5.60 Å². The van der Waals surface area contributed by atoms with Gasteiger partial charge < -0.3 is 14.2 Å². The topological polar surface area (TPSA) is 61.8 Å². The Morgan fingerprint density at radius 3 is 2.74 bits per heavy atom. The minimum absolute atomic E-state index is 0.111. The Labute approximate surface area is 161 Å². The highest BCUT2D eigenvalue weighted by Gasteiger charge is 2.53. The molecule has 0 amide bonds. The maximum Gasteiger partial charge on any atom is 0.334 e. The van der Waals surface area contributed by atoms with Crippen LogP contribution in [0.4, 0.5) is 0 Å². The fourth-order valence-electron chi connectivity index (χ4n) is 4.44. The second-order valence-corrected chi connectivity index (χ2v) is 8.26. The third-order valence-electron chi connectivity index (χ3n) is 6.07. The summed E-state index contributed by atoms with van der Waals surface area (Å²) in [7, 11) is 0. The minimum Gasteiger partial charge on any atom is -0.457 e. The molecule has 0 aromatic carbocycles. The van der Waals surface area contributed by atoms with Gasteiger partial charge >= 0.3 is 11.9 Å². The number of fused-ring (bicyclic) bond motifs is 4.